The SMILES string of the molecule is N.N.O=C(Nc1ccc(Nc2nc(NCCN3CCNC3=O)nc(N3CCCCC3)n2)cc1O)c1ccc(Cl)cc1.[HH].[HH]. The third kappa shape index (κ3) is 8.06. The normalized spacial score (nSPS) is 14.4. The number of benzene rings is 2. The molecule has 3 aromatic rings. The number of hydrogen-bond donors (Lipinski definition) is 7. The van der Waals surface area contributed by atoms with Gasteiger partial charge in [-0.05, 0) is 55.7 Å². The maximum absolute atomic E-state index is 12.5. The molecule has 2 aromatic carbocycles. The topological polar surface area (TPSA) is 218 Å². The summed E-state index contributed by atoms with van der Waals surface area (Å²) in [6.45, 7) is 4.05. The van der Waals surface area contributed by atoms with Crippen molar-refractivity contribution in [1.29, 1.82) is 0 Å². The standard InChI is InChI=1S/C26H30ClN9O3.2H3N.2H2/c27-18-6-4-17(5-7-18)22(38)31-20-9-8-19(16-21(20)37)30-24-32-23(28-10-14-36-15-11-29-26(36)39)33-25(34-24)35-12-2-1-3-13-35;;;;/h4-9,16,37H,1-3,10-15H2,(H,29,39)(H,31,38)(H2,28,30,32,33,34);2*1H3;2*1H. The fourth-order valence-electron chi connectivity index (χ4n) is 4.40. The molecule has 2 fully saturated rings. The number of aromatic nitrogens is 3. The molecule has 2 aliphatic rings. The number of carbonyl (C=O) groups is 2. The number of rotatable bonds is 9. The Bertz CT molecular complexity index is 1350. The van der Waals surface area contributed by atoms with Crippen LogP contribution in [0.2, 0.25) is 5.02 Å². The number of phenolic OH excluding ortho intramolecular Hbond substituents is 1. The first-order valence-electron chi connectivity index (χ1n) is 12.9. The number of nitrogens with one attached hydrogen (secondary N) is 4. The third-order valence-corrected chi connectivity index (χ3v) is 6.73. The van der Waals surface area contributed by atoms with Gasteiger partial charge in [-0.1, -0.05) is 11.6 Å². The summed E-state index contributed by atoms with van der Waals surface area (Å²) in [5, 5.41) is 22.9. The molecule has 14 nitrogen and oxygen atoms in total. The molecule has 0 saturated carbocycles. The van der Waals surface area contributed by atoms with E-state index < -0.39 is 0 Å². The molecule has 0 spiro atoms. The van der Waals surface area contributed by atoms with E-state index in [-0.39, 0.29) is 38.5 Å². The molecule has 224 valence electrons. The van der Waals surface area contributed by atoms with Crippen molar-refractivity contribution in [3.8, 4) is 5.75 Å². The predicted molar refractivity (Wildman–Crippen MR) is 164 cm³/mol. The lowest BCUT2D eigenvalue weighted by atomic mass is 10.1. The molecule has 11 N–H and O–H groups in total. The first kappa shape index (κ1) is 31.1. The van der Waals surface area contributed by atoms with Crippen molar-refractivity contribution in [3.63, 3.8) is 0 Å². The summed E-state index contributed by atoms with van der Waals surface area (Å²) >= 11 is 5.89. The summed E-state index contributed by atoms with van der Waals surface area (Å²) in [6.07, 6.45) is 3.31. The molecule has 3 heterocycles. The molecule has 0 radical (unpaired) electrons. The van der Waals surface area contributed by atoms with Crippen LogP contribution in [-0.4, -0.2) is 76.2 Å². The highest BCUT2D eigenvalue weighted by atomic mass is 35.5. The van der Waals surface area contributed by atoms with Crippen LogP contribution in [0.1, 0.15) is 32.5 Å². The Morgan fingerprint density at radius 3 is 2.41 bits per heavy atom. The fraction of sp³-hybridized carbons (Fsp3) is 0.346. The molecule has 0 atom stereocenters. The zero-order chi connectivity index (χ0) is 27.2. The maximum Gasteiger partial charge on any atom is 0.317 e. The van der Waals surface area contributed by atoms with Gasteiger partial charge in [0.2, 0.25) is 17.8 Å². The number of anilines is 5. The lowest BCUT2D eigenvalue weighted by molar-refractivity contribution is 0.102. The van der Waals surface area contributed by atoms with E-state index >= 15 is 0 Å². The van der Waals surface area contributed by atoms with Crippen molar-refractivity contribution in [2.75, 3.05) is 60.1 Å². The Kier molecular flexibility index (Phi) is 10.9. The molecular weight excluding hydrogens is 550 g/mol. The number of halogens is 1. The second kappa shape index (κ2) is 14.3. The monoisotopic (exact) mass is 589 g/mol. The van der Waals surface area contributed by atoms with Gasteiger partial charge in [-0.2, -0.15) is 15.0 Å². The second-order valence-corrected chi connectivity index (χ2v) is 9.73. The molecule has 15 heteroatoms. The predicted octanol–water partition coefficient (Wildman–Crippen LogP) is 4.47. The van der Waals surface area contributed by atoms with E-state index in [2.05, 4.69) is 41.1 Å². The van der Waals surface area contributed by atoms with Crippen LogP contribution >= 0.6 is 11.6 Å². The van der Waals surface area contributed by atoms with Crippen LogP contribution in [0, 0.1) is 0 Å². The summed E-state index contributed by atoms with van der Waals surface area (Å²) < 4.78 is 0. The fourth-order valence-corrected chi connectivity index (χ4v) is 4.53. The zero-order valence-corrected chi connectivity index (χ0v) is 23.5. The maximum atomic E-state index is 12.5. The van der Waals surface area contributed by atoms with E-state index in [0.717, 1.165) is 25.9 Å². The van der Waals surface area contributed by atoms with Gasteiger partial charge in [0.05, 0.1) is 5.69 Å². The molecule has 0 bridgehead atoms. The van der Waals surface area contributed by atoms with Gasteiger partial charge in [0.1, 0.15) is 5.75 Å². The number of nitrogens with zero attached hydrogens (tertiary/aromatic N) is 5. The number of hydrogen-bond acceptors (Lipinski definition) is 11. The third-order valence-electron chi connectivity index (χ3n) is 6.48. The Morgan fingerprint density at radius 1 is 1.00 bits per heavy atom. The van der Waals surface area contributed by atoms with Gasteiger partial charge < -0.3 is 48.5 Å². The Morgan fingerprint density at radius 2 is 1.73 bits per heavy atom. The number of amides is 3. The number of piperidine rings is 1. The average molecular weight is 590 g/mol. The van der Waals surface area contributed by atoms with E-state index in [1.807, 2.05) is 0 Å². The zero-order valence-electron chi connectivity index (χ0n) is 22.7. The van der Waals surface area contributed by atoms with E-state index in [0.29, 0.717) is 60.3 Å². The van der Waals surface area contributed by atoms with Gasteiger partial charge in [0.25, 0.3) is 5.91 Å². The molecular formula is C26H40ClN11O3. The summed E-state index contributed by atoms with van der Waals surface area (Å²) in [5.74, 6) is 0.779. The largest absolute Gasteiger partial charge is 0.506 e. The van der Waals surface area contributed by atoms with Crippen molar-refractivity contribution < 1.29 is 17.5 Å². The lowest BCUT2D eigenvalue weighted by Gasteiger charge is -2.27. The highest BCUT2D eigenvalue weighted by Crippen LogP contribution is 2.29. The minimum atomic E-state index is -0.367. The van der Waals surface area contributed by atoms with E-state index in [9.17, 15) is 14.7 Å². The molecule has 2 aliphatic heterocycles. The number of aromatic hydroxyl groups is 1. The summed E-state index contributed by atoms with van der Waals surface area (Å²) in [7, 11) is 0. The van der Waals surface area contributed by atoms with Crippen LogP contribution in [0.25, 0.3) is 0 Å². The minimum absolute atomic E-state index is 0. The molecule has 5 rings (SSSR count). The van der Waals surface area contributed by atoms with Gasteiger partial charge in [-0.3, -0.25) is 4.79 Å². The van der Waals surface area contributed by atoms with Crippen LogP contribution in [0.5, 0.6) is 5.75 Å². The molecule has 0 aliphatic carbocycles. The lowest BCUT2D eigenvalue weighted by Crippen LogP contribution is -2.33. The smallest absolute Gasteiger partial charge is 0.317 e. The van der Waals surface area contributed by atoms with Crippen LogP contribution in [0.4, 0.5) is 34.0 Å². The van der Waals surface area contributed by atoms with Crippen LogP contribution in [-0.2, 0) is 0 Å². The van der Waals surface area contributed by atoms with Gasteiger partial charge in [0.15, 0.2) is 0 Å². The number of urea groups is 1. The summed E-state index contributed by atoms with van der Waals surface area (Å²) in [5.41, 5.74) is 1.22. The highest BCUT2D eigenvalue weighted by Gasteiger charge is 2.20. The van der Waals surface area contributed by atoms with Gasteiger partial charge >= 0.3 is 6.03 Å². The highest BCUT2D eigenvalue weighted by molar-refractivity contribution is 6.30. The second-order valence-electron chi connectivity index (χ2n) is 9.29. The summed E-state index contributed by atoms with van der Waals surface area (Å²) in [4.78, 5) is 41.9. The van der Waals surface area contributed by atoms with Crippen molar-refractivity contribution in [1.82, 2.24) is 37.5 Å². The molecule has 1 aromatic heterocycles. The molecule has 41 heavy (non-hydrogen) atoms. The van der Waals surface area contributed by atoms with Crippen LogP contribution in [0.15, 0.2) is 42.5 Å². The number of phenols is 1. The molecule has 2 saturated heterocycles. The Labute approximate surface area is 246 Å². The van der Waals surface area contributed by atoms with Crippen molar-refractivity contribution in [3.05, 3.63) is 53.1 Å². The molecule has 0 unspecified atom stereocenters. The van der Waals surface area contributed by atoms with E-state index in [4.69, 9.17) is 11.6 Å². The van der Waals surface area contributed by atoms with Gasteiger partial charge in [-0.15, -0.1) is 0 Å². The Hall–Kier alpha value is -4.40. The molecule has 3 amide bonds. The van der Waals surface area contributed by atoms with E-state index in [1.54, 1.807) is 41.3 Å². The summed E-state index contributed by atoms with van der Waals surface area (Å²) in [6, 6.07) is 11.2. The van der Waals surface area contributed by atoms with Crippen molar-refractivity contribution in [2.45, 2.75) is 19.3 Å². The first-order valence-corrected chi connectivity index (χ1v) is 13.3. The van der Waals surface area contributed by atoms with Crippen LogP contribution in [0.3, 0.4) is 0 Å². The minimum Gasteiger partial charge on any atom is -0.506 e. The van der Waals surface area contributed by atoms with Crippen molar-refractivity contribution >= 4 is 52.8 Å². The van der Waals surface area contributed by atoms with E-state index in [1.165, 1.54) is 12.5 Å². The number of carbonyl (C=O) groups excluding carboxylic acids is 2. The van der Waals surface area contributed by atoms with Crippen molar-refractivity contribution in [2.24, 2.45) is 0 Å². The Balaban J connectivity index is 0.00000231. The van der Waals surface area contributed by atoms with Gasteiger partial charge in [0, 0.05) is 64.5 Å². The average Bonchev–Trinajstić information content (AvgIpc) is 3.35. The first-order chi connectivity index (χ1) is 18.9. The van der Waals surface area contributed by atoms with Gasteiger partial charge in [-0.25, -0.2) is 4.79 Å². The quantitative estimate of drug-likeness (QED) is 0.173. The van der Waals surface area contributed by atoms with Crippen LogP contribution < -0.4 is 38.5 Å².